The van der Waals surface area contributed by atoms with Crippen LogP contribution in [-0.2, 0) is 25.6 Å². The summed E-state index contributed by atoms with van der Waals surface area (Å²) in [6.45, 7) is 0.0783. The molecule has 3 amide bonds. The van der Waals surface area contributed by atoms with Crippen LogP contribution in [0.1, 0.15) is 24.8 Å². The molecule has 10 heteroatoms. The predicted molar refractivity (Wildman–Crippen MR) is 119 cm³/mol. The largest absolute Gasteiger partial charge is 0.493 e. The molecule has 0 saturated carbocycles. The first-order valence-corrected chi connectivity index (χ1v) is 10.6. The van der Waals surface area contributed by atoms with Gasteiger partial charge in [-0.25, -0.2) is 9.29 Å². The maximum absolute atomic E-state index is 13.3. The molecule has 1 N–H and O–H groups in total. The van der Waals surface area contributed by atoms with Gasteiger partial charge >= 0.3 is 5.97 Å². The fraction of sp³-hybridized carbons (Fsp3) is 0.333. The summed E-state index contributed by atoms with van der Waals surface area (Å²) < 4.78 is 23.8. The van der Waals surface area contributed by atoms with Gasteiger partial charge in [0, 0.05) is 13.0 Å². The van der Waals surface area contributed by atoms with E-state index in [1.807, 2.05) is 0 Å². The highest BCUT2D eigenvalue weighted by Crippen LogP contribution is 2.29. The van der Waals surface area contributed by atoms with Crippen molar-refractivity contribution in [3.8, 4) is 11.5 Å². The van der Waals surface area contributed by atoms with Crippen LogP contribution in [0.4, 0.5) is 10.1 Å². The van der Waals surface area contributed by atoms with Crippen LogP contribution in [0.15, 0.2) is 42.5 Å². The van der Waals surface area contributed by atoms with E-state index in [2.05, 4.69) is 0 Å². The van der Waals surface area contributed by atoms with E-state index < -0.39 is 42.0 Å². The maximum atomic E-state index is 13.3. The first-order valence-electron chi connectivity index (χ1n) is 10.6. The molecular weight excluding hydrogens is 447 g/mol. The second-order valence-electron chi connectivity index (χ2n) is 7.68. The minimum absolute atomic E-state index is 0.0783. The molecule has 1 heterocycles. The Morgan fingerprint density at radius 1 is 1.06 bits per heavy atom. The van der Waals surface area contributed by atoms with Crippen LogP contribution < -0.4 is 14.4 Å². The van der Waals surface area contributed by atoms with E-state index in [0.29, 0.717) is 17.9 Å². The third kappa shape index (κ3) is 5.51. The van der Waals surface area contributed by atoms with Gasteiger partial charge < -0.3 is 19.5 Å². The number of nitrogens with zero attached hydrogens (tertiary/aromatic N) is 2. The first kappa shape index (κ1) is 24.7. The number of carboxylic acids is 1. The molecule has 180 valence electrons. The number of anilines is 1. The molecule has 1 atom stereocenters. The zero-order valence-electron chi connectivity index (χ0n) is 18.8. The van der Waals surface area contributed by atoms with Gasteiger partial charge in [-0.15, -0.1) is 0 Å². The summed E-state index contributed by atoms with van der Waals surface area (Å²) in [4.78, 5) is 51.9. The standard InChI is InChI=1S/C24H25FN2O7/c1-33-19-8-3-15(13-20(19)34-2)11-12-26(21(28)9-10-23(30)31)18-14-22(29)27(24(18)32)17-6-4-16(25)5-7-17/h3-8,13,18H,9-12,14H2,1-2H3,(H,30,31). The van der Waals surface area contributed by atoms with Crippen molar-refractivity contribution >= 4 is 29.4 Å². The fourth-order valence-electron chi connectivity index (χ4n) is 3.82. The lowest BCUT2D eigenvalue weighted by molar-refractivity contribution is -0.143. The lowest BCUT2D eigenvalue weighted by Gasteiger charge is -2.28. The van der Waals surface area contributed by atoms with Crippen LogP contribution in [0.5, 0.6) is 11.5 Å². The second kappa shape index (κ2) is 10.8. The van der Waals surface area contributed by atoms with Gasteiger partial charge in [-0.05, 0) is 48.4 Å². The Balaban J connectivity index is 1.83. The number of rotatable bonds is 10. The van der Waals surface area contributed by atoms with Crippen molar-refractivity contribution in [2.45, 2.75) is 31.7 Å². The molecule has 0 aliphatic carbocycles. The maximum Gasteiger partial charge on any atom is 0.303 e. The van der Waals surface area contributed by atoms with E-state index in [9.17, 15) is 23.6 Å². The Kier molecular flexibility index (Phi) is 7.83. The van der Waals surface area contributed by atoms with Gasteiger partial charge in [-0.3, -0.25) is 19.2 Å². The van der Waals surface area contributed by atoms with Crippen LogP contribution in [0, 0.1) is 5.82 Å². The van der Waals surface area contributed by atoms with Crippen molar-refractivity contribution < 1.29 is 38.1 Å². The van der Waals surface area contributed by atoms with E-state index in [1.54, 1.807) is 18.2 Å². The molecule has 1 fully saturated rings. The number of halogens is 1. The molecule has 1 saturated heterocycles. The highest BCUT2D eigenvalue weighted by molar-refractivity contribution is 6.23. The van der Waals surface area contributed by atoms with Crippen molar-refractivity contribution in [1.82, 2.24) is 4.90 Å². The van der Waals surface area contributed by atoms with Crippen molar-refractivity contribution in [3.63, 3.8) is 0 Å². The highest BCUT2D eigenvalue weighted by Gasteiger charge is 2.44. The number of aliphatic carboxylic acids is 1. The SMILES string of the molecule is COc1ccc(CCN(C(=O)CCC(=O)O)C2CC(=O)N(c3ccc(F)cc3)C2=O)cc1OC. The molecule has 34 heavy (non-hydrogen) atoms. The van der Waals surface area contributed by atoms with E-state index in [1.165, 1.54) is 31.3 Å². The minimum Gasteiger partial charge on any atom is -0.493 e. The van der Waals surface area contributed by atoms with E-state index in [-0.39, 0.29) is 25.1 Å². The van der Waals surface area contributed by atoms with Crippen LogP contribution in [0.3, 0.4) is 0 Å². The van der Waals surface area contributed by atoms with Crippen LogP contribution in [0.25, 0.3) is 0 Å². The highest BCUT2D eigenvalue weighted by atomic mass is 19.1. The Morgan fingerprint density at radius 2 is 1.74 bits per heavy atom. The second-order valence-corrected chi connectivity index (χ2v) is 7.68. The Hall–Kier alpha value is -3.95. The molecule has 2 aromatic rings. The first-order chi connectivity index (χ1) is 16.2. The average Bonchev–Trinajstić information content (AvgIpc) is 3.11. The molecule has 0 spiro atoms. The minimum atomic E-state index is -1.14. The molecule has 9 nitrogen and oxygen atoms in total. The summed E-state index contributed by atoms with van der Waals surface area (Å²) in [6.07, 6.45) is -0.632. The van der Waals surface area contributed by atoms with Crippen molar-refractivity contribution in [2.24, 2.45) is 0 Å². The van der Waals surface area contributed by atoms with Crippen molar-refractivity contribution in [1.29, 1.82) is 0 Å². The monoisotopic (exact) mass is 472 g/mol. The molecule has 0 bridgehead atoms. The molecule has 3 rings (SSSR count). The van der Waals surface area contributed by atoms with E-state index >= 15 is 0 Å². The van der Waals surface area contributed by atoms with E-state index in [0.717, 1.165) is 22.6 Å². The number of methoxy groups -OCH3 is 2. The Labute approximate surface area is 195 Å². The number of carbonyl (C=O) groups is 4. The number of carbonyl (C=O) groups excluding carboxylic acids is 3. The van der Waals surface area contributed by atoms with Crippen LogP contribution >= 0.6 is 0 Å². The summed E-state index contributed by atoms with van der Waals surface area (Å²) in [5.41, 5.74) is 0.998. The zero-order chi connectivity index (χ0) is 24.8. The van der Waals surface area contributed by atoms with Crippen molar-refractivity contribution in [2.75, 3.05) is 25.7 Å². The Morgan fingerprint density at radius 3 is 2.35 bits per heavy atom. The summed E-state index contributed by atoms with van der Waals surface area (Å²) >= 11 is 0. The van der Waals surface area contributed by atoms with E-state index in [4.69, 9.17) is 14.6 Å². The van der Waals surface area contributed by atoms with Gasteiger partial charge in [0.2, 0.25) is 11.8 Å². The molecule has 2 aromatic carbocycles. The lowest BCUT2D eigenvalue weighted by atomic mass is 10.1. The Bertz CT molecular complexity index is 1090. The van der Waals surface area contributed by atoms with Gasteiger partial charge in [0.25, 0.3) is 5.91 Å². The zero-order valence-corrected chi connectivity index (χ0v) is 18.8. The van der Waals surface area contributed by atoms with Gasteiger partial charge in [-0.2, -0.15) is 0 Å². The number of ether oxygens (including phenoxy) is 2. The number of amides is 3. The predicted octanol–water partition coefficient (Wildman–Crippen LogP) is 2.41. The molecule has 1 unspecified atom stereocenters. The number of benzene rings is 2. The summed E-state index contributed by atoms with van der Waals surface area (Å²) in [5.74, 6) is -2.31. The van der Waals surface area contributed by atoms with Crippen LogP contribution in [0.2, 0.25) is 0 Å². The van der Waals surface area contributed by atoms with Gasteiger partial charge in [0.05, 0.1) is 32.7 Å². The smallest absolute Gasteiger partial charge is 0.303 e. The van der Waals surface area contributed by atoms with Crippen LogP contribution in [-0.4, -0.2) is 60.5 Å². The fourth-order valence-corrected chi connectivity index (χ4v) is 3.82. The molecular formula is C24H25FN2O7. The van der Waals surface area contributed by atoms with Crippen molar-refractivity contribution in [3.05, 3.63) is 53.8 Å². The molecule has 1 aliphatic heterocycles. The molecule has 1 aliphatic rings. The lowest BCUT2D eigenvalue weighted by Crippen LogP contribution is -2.46. The number of imide groups is 1. The molecule has 0 radical (unpaired) electrons. The number of hydrogen-bond acceptors (Lipinski definition) is 6. The third-order valence-electron chi connectivity index (χ3n) is 5.55. The normalized spacial score (nSPS) is 15.4. The van der Waals surface area contributed by atoms with Gasteiger partial charge in [0.1, 0.15) is 11.9 Å². The third-order valence-corrected chi connectivity index (χ3v) is 5.55. The number of hydrogen-bond donors (Lipinski definition) is 1. The average molecular weight is 472 g/mol. The number of carboxylic acid groups (broad SMARTS) is 1. The van der Waals surface area contributed by atoms with Gasteiger partial charge in [0.15, 0.2) is 11.5 Å². The summed E-state index contributed by atoms with van der Waals surface area (Å²) in [7, 11) is 3.01. The summed E-state index contributed by atoms with van der Waals surface area (Å²) in [5, 5.41) is 8.98. The summed E-state index contributed by atoms with van der Waals surface area (Å²) in [6, 6.07) is 9.05. The van der Waals surface area contributed by atoms with Gasteiger partial charge in [-0.1, -0.05) is 6.07 Å². The molecule has 0 aromatic heterocycles. The quantitative estimate of drug-likeness (QED) is 0.528. The topological polar surface area (TPSA) is 113 Å².